The van der Waals surface area contributed by atoms with E-state index in [9.17, 15) is 5.11 Å². The normalized spacial score (nSPS) is 26.8. The van der Waals surface area contributed by atoms with E-state index in [2.05, 4.69) is 5.10 Å². The summed E-state index contributed by atoms with van der Waals surface area (Å²) < 4.78 is 1.91. The highest BCUT2D eigenvalue weighted by molar-refractivity contribution is 5.28. The van der Waals surface area contributed by atoms with E-state index >= 15 is 0 Å². The number of aliphatic hydroxyl groups is 1. The van der Waals surface area contributed by atoms with Crippen molar-refractivity contribution in [2.75, 3.05) is 5.73 Å². The van der Waals surface area contributed by atoms with Crippen molar-refractivity contribution in [1.29, 1.82) is 0 Å². The van der Waals surface area contributed by atoms with Crippen molar-refractivity contribution in [2.24, 2.45) is 5.92 Å². The Labute approximate surface area is 90.1 Å². The summed E-state index contributed by atoms with van der Waals surface area (Å²) in [5.74, 6) is 0.912. The fourth-order valence-corrected chi connectivity index (χ4v) is 2.34. The molecule has 3 N–H and O–H groups in total. The van der Waals surface area contributed by atoms with Crippen LogP contribution < -0.4 is 5.73 Å². The second-order valence-electron chi connectivity index (χ2n) is 4.50. The highest BCUT2D eigenvalue weighted by Crippen LogP contribution is 2.26. The van der Waals surface area contributed by atoms with Gasteiger partial charge in [-0.25, -0.2) is 0 Å². The van der Waals surface area contributed by atoms with E-state index in [-0.39, 0.29) is 6.10 Å². The van der Waals surface area contributed by atoms with E-state index in [0.29, 0.717) is 11.7 Å². The number of aromatic nitrogens is 2. The van der Waals surface area contributed by atoms with Gasteiger partial charge in [0.1, 0.15) is 5.82 Å². The average Bonchev–Trinajstić information content (AvgIpc) is 2.49. The zero-order valence-electron chi connectivity index (χ0n) is 9.19. The van der Waals surface area contributed by atoms with Gasteiger partial charge in [-0.15, -0.1) is 0 Å². The van der Waals surface area contributed by atoms with Crippen LogP contribution in [0.5, 0.6) is 0 Å². The standard InChI is InChI=1S/C11H19N3O/c1-8-6-11(12)13-14(8)7-9-4-2-3-5-10(9)15/h6,9-10,15H,2-5,7H2,1H3,(H2,12,13). The van der Waals surface area contributed by atoms with Crippen LogP contribution >= 0.6 is 0 Å². The second-order valence-corrected chi connectivity index (χ2v) is 4.50. The molecule has 2 rings (SSSR count). The van der Waals surface area contributed by atoms with Crippen molar-refractivity contribution in [2.45, 2.75) is 45.3 Å². The number of nitrogens with zero attached hydrogens (tertiary/aromatic N) is 2. The van der Waals surface area contributed by atoms with E-state index in [0.717, 1.165) is 31.5 Å². The first-order chi connectivity index (χ1) is 7.16. The van der Waals surface area contributed by atoms with Gasteiger partial charge in [0, 0.05) is 24.2 Å². The molecule has 0 radical (unpaired) electrons. The van der Waals surface area contributed by atoms with Crippen molar-refractivity contribution in [3.8, 4) is 0 Å². The first-order valence-electron chi connectivity index (χ1n) is 5.65. The van der Waals surface area contributed by atoms with E-state index in [1.54, 1.807) is 0 Å². The minimum absolute atomic E-state index is 0.163. The molecule has 0 aromatic carbocycles. The van der Waals surface area contributed by atoms with Crippen molar-refractivity contribution in [3.63, 3.8) is 0 Å². The maximum atomic E-state index is 9.86. The minimum Gasteiger partial charge on any atom is -0.393 e. The number of nitrogen functional groups attached to an aromatic ring is 1. The largest absolute Gasteiger partial charge is 0.393 e. The lowest BCUT2D eigenvalue weighted by molar-refractivity contribution is 0.0584. The number of aliphatic hydroxyl groups excluding tert-OH is 1. The smallest absolute Gasteiger partial charge is 0.145 e. The third kappa shape index (κ3) is 2.31. The highest BCUT2D eigenvalue weighted by Gasteiger charge is 2.23. The SMILES string of the molecule is Cc1cc(N)nn1CC1CCCCC1O. The molecule has 4 nitrogen and oxygen atoms in total. The van der Waals surface area contributed by atoms with Gasteiger partial charge in [-0.2, -0.15) is 5.10 Å². The molecule has 2 unspecified atom stereocenters. The Hall–Kier alpha value is -1.03. The van der Waals surface area contributed by atoms with Crippen LogP contribution in [0.25, 0.3) is 0 Å². The molecule has 0 spiro atoms. The summed E-state index contributed by atoms with van der Waals surface area (Å²) in [6.07, 6.45) is 4.24. The zero-order valence-corrected chi connectivity index (χ0v) is 9.19. The van der Waals surface area contributed by atoms with Crippen LogP contribution in [0.2, 0.25) is 0 Å². The van der Waals surface area contributed by atoms with Gasteiger partial charge in [0.25, 0.3) is 0 Å². The van der Waals surface area contributed by atoms with Crippen LogP contribution in [-0.4, -0.2) is 21.0 Å². The lowest BCUT2D eigenvalue weighted by Gasteiger charge is -2.27. The summed E-state index contributed by atoms with van der Waals surface area (Å²) in [4.78, 5) is 0. The van der Waals surface area contributed by atoms with Gasteiger partial charge in [-0.05, 0) is 19.8 Å². The Morgan fingerprint density at radius 2 is 2.27 bits per heavy atom. The van der Waals surface area contributed by atoms with E-state index in [1.807, 2.05) is 17.7 Å². The van der Waals surface area contributed by atoms with E-state index in [4.69, 9.17) is 5.73 Å². The molecule has 1 aliphatic rings. The number of hydrogen-bond donors (Lipinski definition) is 2. The molecule has 1 saturated carbocycles. The number of aryl methyl sites for hydroxylation is 1. The van der Waals surface area contributed by atoms with Crippen molar-refractivity contribution in [1.82, 2.24) is 9.78 Å². The summed E-state index contributed by atoms with van der Waals surface area (Å²) in [6.45, 7) is 2.79. The zero-order chi connectivity index (χ0) is 10.8. The van der Waals surface area contributed by atoms with Crippen LogP contribution in [0.3, 0.4) is 0 Å². The molecule has 1 aliphatic carbocycles. The van der Waals surface area contributed by atoms with E-state index < -0.39 is 0 Å². The minimum atomic E-state index is -0.163. The fraction of sp³-hybridized carbons (Fsp3) is 0.727. The molecular weight excluding hydrogens is 190 g/mol. The van der Waals surface area contributed by atoms with Gasteiger partial charge in [0.2, 0.25) is 0 Å². The summed E-state index contributed by atoms with van der Waals surface area (Å²) in [5, 5.41) is 14.1. The predicted octanol–water partition coefficient (Wildman–Crippen LogP) is 1.32. The number of hydrogen-bond acceptors (Lipinski definition) is 3. The molecule has 4 heteroatoms. The Morgan fingerprint density at radius 3 is 2.87 bits per heavy atom. The lowest BCUT2D eigenvalue weighted by Crippen LogP contribution is -2.29. The Bertz CT molecular complexity index is 335. The van der Waals surface area contributed by atoms with Gasteiger partial charge < -0.3 is 10.8 Å². The average molecular weight is 209 g/mol. The molecule has 2 atom stereocenters. The molecule has 0 amide bonds. The molecule has 1 aromatic heterocycles. The van der Waals surface area contributed by atoms with Crippen LogP contribution in [-0.2, 0) is 6.54 Å². The first-order valence-corrected chi connectivity index (χ1v) is 5.65. The molecular formula is C11H19N3O. The van der Waals surface area contributed by atoms with Gasteiger partial charge in [0.05, 0.1) is 6.10 Å². The topological polar surface area (TPSA) is 64.1 Å². The third-order valence-electron chi connectivity index (χ3n) is 3.28. The van der Waals surface area contributed by atoms with Gasteiger partial charge in [-0.1, -0.05) is 12.8 Å². The van der Waals surface area contributed by atoms with Crippen molar-refractivity contribution >= 4 is 5.82 Å². The van der Waals surface area contributed by atoms with Crippen LogP contribution in [0, 0.1) is 12.8 Å². The highest BCUT2D eigenvalue weighted by atomic mass is 16.3. The molecule has 1 fully saturated rings. The number of anilines is 1. The first kappa shape index (κ1) is 10.5. The van der Waals surface area contributed by atoms with Crippen LogP contribution in [0.1, 0.15) is 31.4 Å². The molecule has 15 heavy (non-hydrogen) atoms. The van der Waals surface area contributed by atoms with Crippen molar-refractivity contribution < 1.29 is 5.11 Å². The maximum absolute atomic E-state index is 9.86. The van der Waals surface area contributed by atoms with Crippen molar-refractivity contribution in [3.05, 3.63) is 11.8 Å². The predicted molar refractivity (Wildman–Crippen MR) is 59.3 cm³/mol. The van der Waals surface area contributed by atoms with Gasteiger partial charge >= 0.3 is 0 Å². The summed E-state index contributed by atoms with van der Waals surface area (Å²) in [6, 6.07) is 1.87. The fourth-order valence-electron chi connectivity index (χ4n) is 2.34. The monoisotopic (exact) mass is 209 g/mol. The Morgan fingerprint density at radius 1 is 1.53 bits per heavy atom. The number of rotatable bonds is 2. The molecule has 0 saturated heterocycles. The second kappa shape index (κ2) is 4.23. The summed E-state index contributed by atoms with van der Waals surface area (Å²) >= 11 is 0. The third-order valence-corrected chi connectivity index (χ3v) is 3.28. The van der Waals surface area contributed by atoms with Gasteiger partial charge in [-0.3, -0.25) is 4.68 Å². The lowest BCUT2D eigenvalue weighted by atomic mass is 9.86. The maximum Gasteiger partial charge on any atom is 0.145 e. The Balaban J connectivity index is 2.04. The van der Waals surface area contributed by atoms with Gasteiger partial charge in [0.15, 0.2) is 0 Å². The van der Waals surface area contributed by atoms with E-state index in [1.165, 1.54) is 6.42 Å². The summed E-state index contributed by atoms with van der Waals surface area (Å²) in [7, 11) is 0. The molecule has 1 aromatic rings. The molecule has 1 heterocycles. The van der Waals surface area contributed by atoms with Crippen LogP contribution in [0.15, 0.2) is 6.07 Å². The molecule has 84 valence electrons. The number of nitrogens with two attached hydrogens (primary N) is 1. The Kier molecular flexibility index (Phi) is 2.95. The molecule has 0 aliphatic heterocycles. The summed E-state index contributed by atoms with van der Waals surface area (Å²) in [5.41, 5.74) is 6.70. The quantitative estimate of drug-likeness (QED) is 0.772. The molecule has 0 bridgehead atoms. The van der Waals surface area contributed by atoms with Crippen LogP contribution in [0.4, 0.5) is 5.82 Å².